The molecule has 0 aliphatic heterocycles. The minimum Gasteiger partial charge on any atom is -0.490 e. The van der Waals surface area contributed by atoms with Gasteiger partial charge in [-0.1, -0.05) is 65.8 Å². The fourth-order valence-corrected chi connectivity index (χ4v) is 5.12. The molecule has 3 rings (SSSR count). The van der Waals surface area contributed by atoms with Crippen molar-refractivity contribution in [2.45, 2.75) is 92.6 Å². The number of esters is 1. The largest absolute Gasteiger partial charge is 0.490 e. The molecular weight excluding hydrogens is 688 g/mol. The molecule has 294 valence electrons. The second-order valence-corrected chi connectivity index (χ2v) is 12.6. The van der Waals surface area contributed by atoms with E-state index in [0.29, 0.717) is 90.8 Å². The molecule has 10 heteroatoms. The average molecular weight is 747 g/mol. The van der Waals surface area contributed by atoms with Gasteiger partial charge >= 0.3 is 11.9 Å². The number of hydrogen-bond acceptors (Lipinski definition) is 9. The minimum absolute atomic E-state index is 0.0514. The first kappa shape index (κ1) is 43.3. The number of ether oxygens (including phenoxy) is 7. The number of hydrogen-bond donors (Lipinski definition) is 1. The molecule has 0 radical (unpaired) electrons. The molecule has 0 aromatic heterocycles. The Morgan fingerprint density at radius 2 is 1.07 bits per heavy atom. The molecule has 0 heterocycles. The zero-order valence-corrected chi connectivity index (χ0v) is 32.8. The second-order valence-electron chi connectivity index (χ2n) is 12.6. The van der Waals surface area contributed by atoms with Gasteiger partial charge in [0.2, 0.25) is 6.10 Å². The van der Waals surface area contributed by atoms with Gasteiger partial charge < -0.3 is 38.3 Å². The van der Waals surface area contributed by atoms with Crippen LogP contribution in [-0.2, 0) is 20.7 Å². The highest BCUT2D eigenvalue weighted by Crippen LogP contribution is 2.37. The van der Waals surface area contributed by atoms with Gasteiger partial charge in [-0.05, 0) is 97.7 Å². The van der Waals surface area contributed by atoms with E-state index in [2.05, 4.69) is 13.8 Å². The van der Waals surface area contributed by atoms with Gasteiger partial charge in [0.1, 0.15) is 0 Å². The van der Waals surface area contributed by atoms with Crippen LogP contribution in [0.25, 0.3) is 18.2 Å². The maximum absolute atomic E-state index is 13.2. The molecule has 3 aromatic carbocycles. The number of carboxylic acids is 1. The second kappa shape index (κ2) is 24.2. The highest BCUT2D eigenvalue weighted by Gasteiger charge is 2.23. The van der Waals surface area contributed by atoms with Crippen molar-refractivity contribution < 1.29 is 47.9 Å². The van der Waals surface area contributed by atoms with Gasteiger partial charge in [-0.3, -0.25) is 0 Å². The molecule has 1 unspecified atom stereocenters. The molecule has 0 amide bonds. The lowest BCUT2D eigenvalue weighted by Crippen LogP contribution is -2.28. The van der Waals surface area contributed by atoms with E-state index in [1.807, 2.05) is 70.2 Å². The Kier molecular flexibility index (Phi) is 19.4. The molecule has 0 saturated heterocycles. The van der Waals surface area contributed by atoms with Crippen LogP contribution in [0.15, 0.2) is 54.6 Å². The van der Waals surface area contributed by atoms with E-state index in [9.17, 15) is 14.7 Å². The number of rotatable bonds is 26. The van der Waals surface area contributed by atoms with Gasteiger partial charge in [-0.25, -0.2) is 9.59 Å². The Morgan fingerprint density at radius 3 is 1.65 bits per heavy atom. The Morgan fingerprint density at radius 1 is 0.574 bits per heavy atom. The van der Waals surface area contributed by atoms with Crippen molar-refractivity contribution in [3.8, 4) is 34.5 Å². The summed E-state index contributed by atoms with van der Waals surface area (Å²) in [6.07, 6.45) is 10.2. The summed E-state index contributed by atoms with van der Waals surface area (Å²) in [5.74, 6) is 1.52. The fraction of sp³-hybridized carbons (Fsp3) is 0.455. The maximum Gasteiger partial charge on any atom is 0.345 e. The first-order valence-electron chi connectivity index (χ1n) is 19.3. The van der Waals surface area contributed by atoms with Gasteiger partial charge in [0, 0.05) is 18.1 Å². The molecule has 0 spiro atoms. The van der Waals surface area contributed by atoms with Crippen molar-refractivity contribution in [1.29, 1.82) is 0 Å². The topological polar surface area (TPSA) is 119 Å². The normalized spacial score (nSPS) is 11.7. The van der Waals surface area contributed by atoms with Crippen molar-refractivity contribution in [3.63, 3.8) is 0 Å². The van der Waals surface area contributed by atoms with E-state index in [0.717, 1.165) is 44.1 Å². The third kappa shape index (κ3) is 14.0. The fourth-order valence-electron chi connectivity index (χ4n) is 5.12. The first-order valence-corrected chi connectivity index (χ1v) is 19.3. The van der Waals surface area contributed by atoms with Crippen LogP contribution in [0, 0.1) is 0 Å². The zero-order chi connectivity index (χ0) is 39.1. The monoisotopic (exact) mass is 746 g/mol. The first-order chi connectivity index (χ1) is 26.3. The lowest BCUT2D eigenvalue weighted by molar-refractivity contribution is -0.160. The van der Waals surface area contributed by atoms with Crippen LogP contribution in [0.2, 0.25) is 0 Å². The average Bonchev–Trinajstić information content (AvgIpc) is 3.18. The summed E-state index contributed by atoms with van der Waals surface area (Å²) in [7, 11) is 0. The standard InChI is InChI=1S/C44H58O10/c1-7-23-48-36-19-14-32(29-39(36)51-26-10-4)13-18-35-34(16-21-38(50-25-9-3)43(35)53-28-12-6)17-22-42(45)54-41(44(46)47)31-33-15-20-37(49-24-8-2)40(30-33)52-27-11-5/h13-22,29-30,41H,7-12,23-28,31H2,1-6H3,(H,46,47)/b18-13+,22-17+. The summed E-state index contributed by atoms with van der Waals surface area (Å²) in [5, 5.41) is 10.0. The van der Waals surface area contributed by atoms with E-state index in [4.69, 9.17) is 33.2 Å². The van der Waals surface area contributed by atoms with Crippen LogP contribution in [0.5, 0.6) is 34.5 Å². The third-order valence-electron chi connectivity index (χ3n) is 7.72. The van der Waals surface area contributed by atoms with Crippen LogP contribution in [0.1, 0.15) is 102 Å². The Bertz CT molecular complexity index is 1660. The lowest BCUT2D eigenvalue weighted by Gasteiger charge is -2.17. The number of aliphatic carboxylic acids is 1. The predicted octanol–water partition coefficient (Wildman–Crippen LogP) is 9.84. The third-order valence-corrected chi connectivity index (χ3v) is 7.72. The van der Waals surface area contributed by atoms with Crippen LogP contribution < -0.4 is 28.4 Å². The molecular formula is C44H58O10. The van der Waals surface area contributed by atoms with Crippen LogP contribution >= 0.6 is 0 Å². The Labute approximate surface area is 321 Å². The zero-order valence-electron chi connectivity index (χ0n) is 32.8. The maximum atomic E-state index is 13.2. The van der Waals surface area contributed by atoms with E-state index < -0.39 is 18.0 Å². The van der Waals surface area contributed by atoms with Gasteiger partial charge in [0.15, 0.2) is 34.5 Å². The van der Waals surface area contributed by atoms with Crippen LogP contribution in [0.4, 0.5) is 0 Å². The molecule has 0 aliphatic rings. The molecule has 0 bridgehead atoms. The Balaban J connectivity index is 1.95. The summed E-state index contributed by atoms with van der Waals surface area (Å²) >= 11 is 0. The van der Waals surface area contributed by atoms with Crippen molar-refractivity contribution in [3.05, 3.63) is 76.9 Å². The summed E-state index contributed by atoms with van der Waals surface area (Å²) < 4.78 is 41.4. The lowest BCUT2D eigenvalue weighted by atomic mass is 10.0. The molecule has 0 saturated carbocycles. The Hall–Kier alpha value is -5.12. The number of carbonyl (C=O) groups is 2. The van der Waals surface area contributed by atoms with Gasteiger partial charge in [0.05, 0.1) is 39.6 Å². The summed E-state index contributed by atoms with van der Waals surface area (Å²) in [6.45, 7) is 15.3. The quantitative estimate of drug-likeness (QED) is 0.0483. The molecule has 54 heavy (non-hydrogen) atoms. The van der Waals surface area contributed by atoms with Crippen molar-refractivity contribution in [1.82, 2.24) is 0 Å². The van der Waals surface area contributed by atoms with Crippen LogP contribution in [0.3, 0.4) is 0 Å². The molecule has 0 fully saturated rings. The SMILES string of the molecule is CCCOc1ccc(/C=C/c2c(/C=C/C(=O)OC(Cc3ccc(OCCC)c(OCCC)c3)C(=O)O)ccc(OCCC)c2OCCC)cc1OCCC. The van der Waals surface area contributed by atoms with Crippen molar-refractivity contribution in [2.75, 3.05) is 39.6 Å². The molecule has 1 N–H and O–H groups in total. The molecule has 1 atom stereocenters. The summed E-state index contributed by atoms with van der Waals surface area (Å²) in [6, 6.07) is 14.7. The summed E-state index contributed by atoms with van der Waals surface area (Å²) in [5.41, 5.74) is 2.84. The van der Waals surface area contributed by atoms with E-state index >= 15 is 0 Å². The van der Waals surface area contributed by atoms with Crippen molar-refractivity contribution in [2.24, 2.45) is 0 Å². The van der Waals surface area contributed by atoms with Gasteiger partial charge in [0.25, 0.3) is 0 Å². The van der Waals surface area contributed by atoms with E-state index in [1.54, 1.807) is 24.3 Å². The molecule has 0 aliphatic carbocycles. The molecule has 10 nitrogen and oxygen atoms in total. The highest BCUT2D eigenvalue weighted by molar-refractivity contribution is 5.91. The van der Waals surface area contributed by atoms with E-state index in [-0.39, 0.29) is 6.42 Å². The smallest absolute Gasteiger partial charge is 0.345 e. The number of benzene rings is 3. The minimum atomic E-state index is -1.43. The summed E-state index contributed by atoms with van der Waals surface area (Å²) in [4.78, 5) is 25.4. The van der Waals surface area contributed by atoms with E-state index in [1.165, 1.54) is 6.08 Å². The van der Waals surface area contributed by atoms with Crippen LogP contribution in [-0.4, -0.2) is 62.8 Å². The van der Waals surface area contributed by atoms with Gasteiger partial charge in [-0.2, -0.15) is 0 Å². The molecule has 3 aromatic rings. The highest BCUT2D eigenvalue weighted by atomic mass is 16.6. The van der Waals surface area contributed by atoms with Gasteiger partial charge in [-0.15, -0.1) is 0 Å². The number of carboxylic acid groups (broad SMARTS) is 1. The number of carbonyl (C=O) groups excluding carboxylic acids is 1. The van der Waals surface area contributed by atoms with Crippen molar-refractivity contribution >= 4 is 30.2 Å². The predicted molar refractivity (Wildman–Crippen MR) is 213 cm³/mol.